The molecule has 1 rings (SSSR count). The molecule has 0 radical (unpaired) electrons. The van der Waals surface area contributed by atoms with Crippen LogP contribution in [-0.4, -0.2) is 36.9 Å². The van der Waals surface area contributed by atoms with Crippen molar-refractivity contribution in [2.45, 2.75) is 25.9 Å². The fourth-order valence-corrected chi connectivity index (χ4v) is 1.12. The lowest BCUT2D eigenvalue weighted by molar-refractivity contribution is -0.310. The summed E-state index contributed by atoms with van der Waals surface area (Å²) in [6, 6.07) is 0. The highest BCUT2D eigenvalue weighted by molar-refractivity contribution is 5.85. The number of rotatable bonds is 3. The van der Waals surface area contributed by atoms with E-state index in [9.17, 15) is 4.79 Å². The third-order valence-electron chi connectivity index (χ3n) is 2.02. The second kappa shape index (κ2) is 4.08. The third-order valence-corrected chi connectivity index (χ3v) is 2.02. The number of methoxy groups -OCH3 is 1. The maximum atomic E-state index is 10.5. The maximum absolute atomic E-state index is 10.5. The summed E-state index contributed by atoms with van der Waals surface area (Å²) in [4.78, 5) is 10.5. The standard InChI is InChI=1S/C9H14O5/c1-6(8(10)11)4-7-5-13-9(2,12-3)14-7/h4,7H,5H2,1-3H3,(H,10,11)/b6-4+. The van der Waals surface area contributed by atoms with Gasteiger partial charge in [-0.1, -0.05) is 0 Å². The van der Waals surface area contributed by atoms with Gasteiger partial charge in [-0.2, -0.15) is 0 Å². The van der Waals surface area contributed by atoms with Crippen molar-refractivity contribution in [3.8, 4) is 0 Å². The van der Waals surface area contributed by atoms with E-state index in [0.717, 1.165) is 0 Å². The van der Waals surface area contributed by atoms with E-state index in [1.54, 1.807) is 6.92 Å². The van der Waals surface area contributed by atoms with Gasteiger partial charge in [0.1, 0.15) is 6.10 Å². The average molecular weight is 202 g/mol. The zero-order valence-electron chi connectivity index (χ0n) is 8.44. The van der Waals surface area contributed by atoms with Crippen LogP contribution in [-0.2, 0) is 19.0 Å². The quantitative estimate of drug-likeness (QED) is 0.684. The molecule has 1 heterocycles. The molecule has 0 aromatic carbocycles. The molecular formula is C9H14O5. The first-order valence-corrected chi connectivity index (χ1v) is 4.25. The van der Waals surface area contributed by atoms with Gasteiger partial charge in [-0.05, 0) is 13.0 Å². The molecule has 80 valence electrons. The zero-order valence-corrected chi connectivity index (χ0v) is 8.44. The Hall–Kier alpha value is -0.910. The second-order valence-electron chi connectivity index (χ2n) is 3.19. The fraction of sp³-hybridized carbons (Fsp3) is 0.667. The summed E-state index contributed by atoms with van der Waals surface area (Å²) in [5, 5.41) is 8.63. The van der Waals surface area contributed by atoms with Gasteiger partial charge in [-0.25, -0.2) is 4.79 Å². The zero-order chi connectivity index (χ0) is 10.8. The van der Waals surface area contributed by atoms with Gasteiger partial charge in [0.25, 0.3) is 5.97 Å². The molecule has 1 N–H and O–H groups in total. The van der Waals surface area contributed by atoms with Gasteiger partial charge >= 0.3 is 5.97 Å². The van der Waals surface area contributed by atoms with Crippen LogP contribution in [0.4, 0.5) is 0 Å². The minimum Gasteiger partial charge on any atom is -0.478 e. The molecule has 0 saturated carbocycles. The lowest BCUT2D eigenvalue weighted by Gasteiger charge is -2.19. The number of carboxylic acids is 1. The van der Waals surface area contributed by atoms with E-state index in [1.165, 1.54) is 20.1 Å². The third kappa shape index (κ3) is 2.54. The maximum Gasteiger partial charge on any atom is 0.331 e. The van der Waals surface area contributed by atoms with Gasteiger partial charge in [0.15, 0.2) is 0 Å². The Kier molecular flexibility index (Phi) is 3.25. The Bertz CT molecular complexity index is 260. The molecule has 0 aromatic rings. The van der Waals surface area contributed by atoms with Crippen LogP contribution >= 0.6 is 0 Å². The number of carbonyl (C=O) groups is 1. The number of ether oxygens (including phenoxy) is 3. The van der Waals surface area contributed by atoms with Crippen LogP contribution in [0.3, 0.4) is 0 Å². The number of hydrogen-bond acceptors (Lipinski definition) is 4. The van der Waals surface area contributed by atoms with Crippen LogP contribution in [0.2, 0.25) is 0 Å². The largest absolute Gasteiger partial charge is 0.478 e. The predicted octanol–water partition coefficient (Wildman–Crippen LogP) is 0.753. The topological polar surface area (TPSA) is 65.0 Å². The van der Waals surface area contributed by atoms with Crippen molar-refractivity contribution in [3.63, 3.8) is 0 Å². The van der Waals surface area contributed by atoms with Crippen molar-refractivity contribution in [2.75, 3.05) is 13.7 Å². The van der Waals surface area contributed by atoms with E-state index in [-0.39, 0.29) is 11.7 Å². The van der Waals surface area contributed by atoms with Gasteiger partial charge < -0.3 is 19.3 Å². The average Bonchev–Trinajstić information content (AvgIpc) is 2.48. The van der Waals surface area contributed by atoms with Gasteiger partial charge in [-0.3, -0.25) is 0 Å². The van der Waals surface area contributed by atoms with E-state index in [1.807, 2.05) is 0 Å². The highest BCUT2D eigenvalue weighted by Gasteiger charge is 2.36. The van der Waals surface area contributed by atoms with Crippen molar-refractivity contribution < 1.29 is 24.1 Å². The molecule has 1 saturated heterocycles. The lowest BCUT2D eigenvalue weighted by Crippen LogP contribution is -2.28. The first-order chi connectivity index (χ1) is 6.47. The Morgan fingerprint density at radius 1 is 1.71 bits per heavy atom. The van der Waals surface area contributed by atoms with Crippen LogP contribution in [0.15, 0.2) is 11.6 Å². The van der Waals surface area contributed by atoms with E-state index >= 15 is 0 Å². The van der Waals surface area contributed by atoms with Gasteiger partial charge in [0.05, 0.1) is 6.61 Å². The first kappa shape index (κ1) is 11.2. The monoisotopic (exact) mass is 202 g/mol. The van der Waals surface area contributed by atoms with E-state index in [2.05, 4.69) is 0 Å². The Labute approximate surface area is 82.3 Å². The Balaban J connectivity index is 2.59. The van der Waals surface area contributed by atoms with E-state index < -0.39 is 11.9 Å². The molecule has 0 bridgehead atoms. The SMILES string of the molecule is COC1(C)OCC(/C=C(\C)C(=O)O)O1. The van der Waals surface area contributed by atoms with Crippen LogP contribution < -0.4 is 0 Å². The normalized spacial score (nSPS) is 33.4. The number of carboxylic acid groups (broad SMARTS) is 1. The van der Waals surface area contributed by atoms with Crippen molar-refractivity contribution in [1.82, 2.24) is 0 Å². The highest BCUT2D eigenvalue weighted by atomic mass is 16.9. The molecule has 0 spiro atoms. The molecule has 1 aliphatic heterocycles. The predicted molar refractivity (Wildman–Crippen MR) is 47.6 cm³/mol. The van der Waals surface area contributed by atoms with Crippen molar-refractivity contribution in [2.24, 2.45) is 0 Å². The smallest absolute Gasteiger partial charge is 0.331 e. The molecule has 0 aromatic heterocycles. The summed E-state index contributed by atoms with van der Waals surface area (Å²) in [6.45, 7) is 3.44. The van der Waals surface area contributed by atoms with Gasteiger partial charge in [0, 0.05) is 19.6 Å². The minimum atomic E-state index is -1.06. The van der Waals surface area contributed by atoms with Crippen LogP contribution in [0, 0.1) is 0 Å². The molecule has 5 nitrogen and oxygen atoms in total. The summed E-state index contributed by atoms with van der Waals surface area (Å²) >= 11 is 0. The summed E-state index contributed by atoms with van der Waals surface area (Å²) in [6.07, 6.45) is 1.14. The first-order valence-electron chi connectivity index (χ1n) is 4.25. The van der Waals surface area contributed by atoms with E-state index in [0.29, 0.717) is 6.61 Å². The molecule has 1 aliphatic rings. The molecule has 2 unspecified atom stereocenters. The summed E-state index contributed by atoms with van der Waals surface area (Å²) in [5.74, 6) is -2.01. The summed E-state index contributed by atoms with van der Waals surface area (Å²) in [5.41, 5.74) is 0.235. The molecular weight excluding hydrogens is 188 g/mol. The Morgan fingerprint density at radius 2 is 2.36 bits per heavy atom. The second-order valence-corrected chi connectivity index (χ2v) is 3.19. The van der Waals surface area contributed by atoms with Crippen molar-refractivity contribution in [3.05, 3.63) is 11.6 Å². The molecule has 0 aliphatic carbocycles. The number of hydrogen-bond donors (Lipinski definition) is 1. The molecule has 5 heteroatoms. The summed E-state index contributed by atoms with van der Waals surface area (Å²) in [7, 11) is 1.47. The molecule has 1 fully saturated rings. The van der Waals surface area contributed by atoms with E-state index in [4.69, 9.17) is 19.3 Å². The lowest BCUT2D eigenvalue weighted by atomic mass is 10.2. The highest BCUT2D eigenvalue weighted by Crippen LogP contribution is 2.24. The van der Waals surface area contributed by atoms with Gasteiger partial charge in [0.2, 0.25) is 0 Å². The van der Waals surface area contributed by atoms with Crippen molar-refractivity contribution >= 4 is 5.97 Å². The summed E-state index contributed by atoms with van der Waals surface area (Å²) < 4.78 is 15.5. The van der Waals surface area contributed by atoms with Crippen LogP contribution in [0.5, 0.6) is 0 Å². The molecule has 2 atom stereocenters. The fourth-order valence-electron chi connectivity index (χ4n) is 1.12. The van der Waals surface area contributed by atoms with Crippen LogP contribution in [0.25, 0.3) is 0 Å². The van der Waals surface area contributed by atoms with Gasteiger partial charge in [-0.15, -0.1) is 0 Å². The number of aliphatic carboxylic acids is 1. The minimum absolute atomic E-state index is 0.235. The Morgan fingerprint density at radius 3 is 2.79 bits per heavy atom. The molecule has 14 heavy (non-hydrogen) atoms. The van der Waals surface area contributed by atoms with Crippen molar-refractivity contribution in [1.29, 1.82) is 0 Å². The molecule has 0 amide bonds. The van der Waals surface area contributed by atoms with Crippen LogP contribution in [0.1, 0.15) is 13.8 Å².